The van der Waals surface area contributed by atoms with Gasteiger partial charge in [-0.15, -0.1) is 0 Å². The van der Waals surface area contributed by atoms with Crippen molar-refractivity contribution < 1.29 is 0 Å². The van der Waals surface area contributed by atoms with Crippen LogP contribution in [0.4, 0.5) is 0 Å². The first kappa shape index (κ1) is 14.3. The predicted molar refractivity (Wildman–Crippen MR) is 80.1 cm³/mol. The molecule has 0 fully saturated rings. The van der Waals surface area contributed by atoms with E-state index in [-0.39, 0.29) is 5.92 Å². The molecule has 0 atom stereocenters. The molecule has 2 nitrogen and oxygen atoms in total. The van der Waals surface area contributed by atoms with Crippen LogP contribution in [0.25, 0.3) is 0 Å². The molecule has 0 aliphatic heterocycles. The number of nitrogens with zero attached hydrogens (tertiary/aromatic N) is 2. The van der Waals surface area contributed by atoms with E-state index in [1.807, 2.05) is 31.2 Å². The fraction of sp³-hybridized carbons (Fsp3) is 0.333. The number of hydrogen-bond donors (Lipinski definition) is 0. The second kappa shape index (κ2) is 5.89. The van der Waals surface area contributed by atoms with Gasteiger partial charge in [0.2, 0.25) is 0 Å². The van der Waals surface area contributed by atoms with Gasteiger partial charge in [0.15, 0.2) is 0 Å². The Morgan fingerprint density at radius 2 is 1.79 bits per heavy atom. The third kappa shape index (κ3) is 3.26. The molecule has 0 aliphatic carbocycles. The van der Waals surface area contributed by atoms with Crippen LogP contribution in [0.3, 0.4) is 0 Å². The van der Waals surface area contributed by atoms with Crippen molar-refractivity contribution in [3.05, 3.63) is 57.1 Å². The Morgan fingerprint density at radius 3 is 2.37 bits per heavy atom. The summed E-state index contributed by atoms with van der Waals surface area (Å²) < 4.78 is 0. The zero-order valence-corrected chi connectivity index (χ0v) is 12.8. The van der Waals surface area contributed by atoms with Crippen LogP contribution in [0.2, 0.25) is 10.2 Å². The van der Waals surface area contributed by atoms with Gasteiger partial charge in [-0.3, -0.25) is 0 Å². The molecule has 2 aromatic rings. The number of aromatic nitrogens is 2. The molecule has 0 amide bonds. The van der Waals surface area contributed by atoms with Crippen LogP contribution in [0.15, 0.2) is 24.3 Å². The lowest BCUT2D eigenvalue weighted by Gasteiger charge is -2.12. The van der Waals surface area contributed by atoms with E-state index in [1.165, 1.54) is 0 Å². The minimum absolute atomic E-state index is 0.269. The van der Waals surface area contributed by atoms with E-state index in [0.29, 0.717) is 11.6 Å². The second-order valence-corrected chi connectivity index (χ2v) is 5.62. The molecule has 0 saturated carbocycles. The van der Waals surface area contributed by atoms with E-state index in [1.54, 1.807) is 0 Å². The maximum absolute atomic E-state index is 6.29. The van der Waals surface area contributed by atoms with Gasteiger partial charge in [0, 0.05) is 28.6 Å². The lowest BCUT2D eigenvalue weighted by molar-refractivity contribution is 0.760. The fourth-order valence-corrected chi connectivity index (χ4v) is 2.37. The maximum Gasteiger partial charge on any atom is 0.136 e. The number of rotatable bonds is 3. The van der Waals surface area contributed by atoms with Crippen molar-refractivity contribution in [1.82, 2.24) is 9.97 Å². The van der Waals surface area contributed by atoms with Gasteiger partial charge in [-0.25, -0.2) is 9.97 Å². The van der Waals surface area contributed by atoms with Crippen molar-refractivity contribution >= 4 is 23.2 Å². The quantitative estimate of drug-likeness (QED) is 0.760. The van der Waals surface area contributed by atoms with Crippen LogP contribution in [-0.2, 0) is 6.42 Å². The highest BCUT2D eigenvalue weighted by molar-refractivity contribution is 6.31. The van der Waals surface area contributed by atoms with Crippen LogP contribution in [0.1, 0.15) is 42.4 Å². The lowest BCUT2D eigenvalue weighted by Crippen LogP contribution is -2.05. The molecule has 1 aromatic carbocycles. The zero-order chi connectivity index (χ0) is 14.0. The van der Waals surface area contributed by atoms with Gasteiger partial charge >= 0.3 is 0 Å². The summed E-state index contributed by atoms with van der Waals surface area (Å²) in [4.78, 5) is 8.89. The van der Waals surface area contributed by atoms with Gasteiger partial charge in [0.25, 0.3) is 0 Å². The summed E-state index contributed by atoms with van der Waals surface area (Å²) in [6.45, 7) is 6.07. The molecule has 0 saturated heterocycles. The van der Waals surface area contributed by atoms with Crippen molar-refractivity contribution in [2.75, 3.05) is 0 Å². The van der Waals surface area contributed by atoms with Crippen molar-refractivity contribution in [1.29, 1.82) is 0 Å². The second-order valence-electron chi connectivity index (χ2n) is 4.86. The number of aryl methyl sites for hydroxylation is 1. The summed E-state index contributed by atoms with van der Waals surface area (Å²) >= 11 is 12.5. The molecule has 0 N–H and O–H groups in total. The molecule has 100 valence electrons. The Kier molecular flexibility index (Phi) is 4.43. The zero-order valence-electron chi connectivity index (χ0n) is 11.2. The fourth-order valence-electron chi connectivity index (χ4n) is 1.87. The average Bonchev–Trinajstić information content (AvgIpc) is 2.35. The highest BCUT2D eigenvalue weighted by atomic mass is 35.5. The van der Waals surface area contributed by atoms with Crippen molar-refractivity contribution in [3.63, 3.8) is 0 Å². The summed E-state index contributed by atoms with van der Waals surface area (Å²) in [5.41, 5.74) is 2.90. The minimum Gasteiger partial charge on any atom is -0.238 e. The summed E-state index contributed by atoms with van der Waals surface area (Å²) in [5.74, 6) is 1.05. The molecule has 0 aliphatic rings. The Bertz CT molecular complexity index is 571. The van der Waals surface area contributed by atoms with Gasteiger partial charge < -0.3 is 0 Å². The molecule has 0 bridgehead atoms. The predicted octanol–water partition coefficient (Wildman–Crippen LogP) is 4.81. The first-order valence-electron chi connectivity index (χ1n) is 6.25. The molecule has 4 heteroatoms. The number of halogens is 2. The topological polar surface area (TPSA) is 25.8 Å². The molecule has 1 heterocycles. The summed E-state index contributed by atoms with van der Waals surface area (Å²) in [7, 11) is 0. The summed E-state index contributed by atoms with van der Waals surface area (Å²) in [6, 6.07) is 7.75. The third-order valence-corrected chi connectivity index (χ3v) is 3.70. The molecular formula is C15H16Cl2N2. The lowest BCUT2D eigenvalue weighted by atomic mass is 10.0. The van der Waals surface area contributed by atoms with E-state index in [4.69, 9.17) is 23.2 Å². The molecule has 19 heavy (non-hydrogen) atoms. The summed E-state index contributed by atoms with van der Waals surface area (Å²) in [6.07, 6.45) is 0.655. The molecule has 0 spiro atoms. The van der Waals surface area contributed by atoms with Crippen molar-refractivity contribution in [2.45, 2.75) is 33.1 Å². The highest BCUT2D eigenvalue weighted by Gasteiger charge is 2.13. The van der Waals surface area contributed by atoms with Gasteiger partial charge in [-0.05, 0) is 18.6 Å². The average molecular weight is 295 g/mol. The largest absolute Gasteiger partial charge is 0.238 e. The van der Waals surface area contributed by atoms with E-state index in [2.05, 4.69) is 23.8 Å². The summed E-state index contributed by atoms with van der Waals surface area (Å²) in [5, 5.41) is 1.27. The van der Waals surface area contributed by atoms with Crippen LogP contribution in [0.5, 0.6) is 0 Å². The standard InChI is InChI=1S/C15H16Cl2N2/c1-9(2)15-18-10(3)12(14(17)19-15)8-11-6-4-5-7-13(11)16/h4-7,9H,8H2,1-3H3. The first-order chi connectivity index (χ1) is 8.99. The van der Waals surface area contributed by atoms with Crippen LogP contribution >= 0.6 is 23.2 Å². The monoisotopic (exact) mass is 294 g/mol. The Balaban J connectivity index is 2.39. The first-order valence-corrected chi connectivity index (χ1v) is 7.01. The highest BCUT2D eigenvalue weighted by Crippen LogP contribution is 2.25. The van der Waals surface area contributed by atoms with E-state index >= 15 is 0 Å². The Morgan fingerprint density at radius 1 is 1.11 bits per heavy atom. The van der Waals surface area contributed by atoms with E-state index < -0.39 is 0 Å². The molecule has 2 rings (SSSR count). The van der Waals surface area contributed by atoms with Crippen LogP contribution < -0.4 is 0 Å². The third-order valence-electron chi connectivity index (χ3n) is 3.02. The van der Waals surface area contributed by atoms with Crippen LogP contribution in [-0.4, -0.2) is 9.97 Å². The molecule has 0 radical (unpaired) electrons. The Labute approximate surface area is 123 Å². The van der Waals surface area contributed by atoms with Gasteiger partial charge in [0.05, 0.1) is 0 Å². The number of hydrogen-bond acceptors (Lipinski definition) is 2. The molecule has 0 unspecified atom stereocenters. The maximum atomic E-state index is 6.29. The molecular weight excluding hydrogens is 279 g/mol. The van der Waals surface area contributed by atoms with Crippen molar-refractivity contribution in [3.8, 4) is 0 Å². The minimum atomic E-state index is 0.269. The van der Waals surface area contributed by atoms with Crippen LogP contribution in [0, 0.1) is 6.92 Å². The molecule has 1 aromatic heterocycles. The Hall–Kier alpha value is -1.12. The van der Waals surface area contributed by atoms with Gasteiger partial charge in [-0.1, -0.05) is 55.2 Å². The van der Waals surface area contributed by atoms with Crippen molar-refractivity contribution in [2.24, 2.45) is 0 Å². The van der Waals surface area contributed by atoms with Gasteiger partial charge in [0.1, 0.15) is 11.0 Å². The van der Waals surface area contributed by atoms with E-state index in [0.717, 1.165) is 27.7 Å². The van der Waals surface area contributed by atoms with Gasteiger partial charge in [-0.2, -0.15) is 0 Å². The SMILES string of the molecule is Cc1nc(C(C)C)nc(Cl)c1Cc1ccccc1Cl. The van der Waals surface area contributed by atoms with E-state index in [9.17, 15) is 0 Å². The normalized spacial score (nSPS) is 11.1. The number of benzene rings is 1. The smallest absolute Gasteiger partial charge is 0.136 e.